The number of anilines is 1. The van der Waals surface area contributed by atoms with E-state index < -0.39 is 5.97 Å². The van der Waals surface area contributed by atoms with Crippen molar-refractivity contribution in [3.05, 3.63) is 12.1 Å². The number of nitrogens with two attached hydrogens (primary N) is 1. The summed E-state index contributed by atoms with van der Waals surface area (Å²) < 4.78 is 4.94. The molecule has 1 aromatic heterocycles. The Hall–Kier alpha value is -1.43. The van der Waals surface area contributed by atoms with E-state index in [9.17, 15) is 4.79 Å². The zero-order valence-corrected chi connectivity index (χ0v) is 9.08. The molecule has 1 heterocycles. The molecule has 0 saturated heterocycles. The molecule has 6 heteroatoms. The fourth-order valence-electron chi connectivity index (χ4n) is 0.899. The summed E-state index contributed by atoms with van der Waals surface area (Å²) in [6.45, 7) is 0. The molecule has 0 saturated carbocycles. The van der Waals surface area contributed by atoms with E-state index in [4.69, 9.17) is 15.6 Å². The lowest BCUT2D eigenvalue weighted by Crippen LogP contribution is -1.99. The Morgan fingerprint density at radius 1 is 1.67 bits per heavy atom. The lowest BCUT2D eigenvalue weighted by molar-refractivity contribution is -0.136. The molecule has 0 aromatic carbocycles. The second-order valence-electron chi connectivity index (χ2n) is 2.74. The molecule has 0 spiro atoms. The number of pyridine rings is 1. The van der Waals surface area contributed by atoms with Crippen molar-refractivity contribution in [3.63, 3.8) is 0 Å². The van der Waals surface area contributed by atoms with E-state index in [0.29, 0.717) is 22.3 Å². The largest absolute Gasteiger partial charge is 0.481 e. The quantitative estimate of drug-likeness (QED) is 0.737. The summed E-state index contributed by atoms with van der Waals surface area (Å²) in [5.74, 6) is 0.0886. The number of hydrogen-bond acceptors (Lipinski definition) is 5. The van der Waals surface area contributed by atoms with E-state index in [-0.39, 0.29) is 6.42 Å². The van der Waals surface area contributed by atoms with Gasteiger partial charge in [-0.15, -0.1) is 11.8 Å². The van der Waals surface area contributed by atoms with Gasteiger partial charge in [-0.05, 0) is 6.07 Å². The Morgan fingerprint density at radius 2 is 2.40 bits per heavy atom. The van der Waals surface area contributed by atoms with Crippen molar-refractivity contribution in [3.8, 4) is 5.88 Å². The van der Waals surface area contributed by atoms with E-state index >= 15 is 0 Å². The summed E-state index contributed by atoms with van der Waals surface area (Å²) >= 11 is 1.31. The second kappa shape index (κ2) is 5.45. The lowest BCUT2D eigenvalue weighted by Gasteiger charge is -2.05. The summed E-state index contributed by atoms with van der Waals surface area (Å²) in [7, 11) is 1.52. The molecule has 0 aliphatic heterocycles. The van der Waals surface area contributed by atoms with Gasteiger partial charge in [-0.1, -0.05) is 0 Å². The predicted molar refractivity (Wildman–Crippen MR) is 58.2 cm³/mol. The molecule has 0 fully saturated rings. The molecule has 82 valence electrons. The Balaban J connectivity index is 2.62. The molecule has 0 aliphatic carbocycles. The minimum atomic E-state index is -0.830. The Kier molecular flexibility index (Phi) is 4.23. The number of ether oxygens (including phenoxy) is 1. The van der Waals surface area contributed by atoms with Gasteiger partial charge >= 0.3 is 5.97 Å². The Morgan fingerprint density at radius 3 is 3.00 bits per heavy atom. The number of aromatic nitrogens is 1. The highest BCUT2D eigenvalue weighted by Crippen LogP contribution is 2.25. The second-order valence-corrected chi connectivity index (χ2v) is 3.82. The molecule has 1 aromatic rings. The molecular formula is C9H12N2O3S. The molecule has 0 radical (unpaired) electrons. The minimum absolute atomic E-state index is 0.0863. The number of carboxylic acids is 1. The summed E-state index contributed by atoms with van der Waals surface area (Å²) in [5.41, 5.74) is 6.21. The molecule has 0 aliphatic rings. The van der Waals surface area contributed by atoms with Crippen LogP contribution in [0.1, 0.15) is 6.42 Å². The van der Waals surface area contributed by atoms with Gasteiger partial charge in [-0.25, -0.2) is 4.98 Å². The van der Waals surface area contributed by atoms with Gasteiger partial charge in [0, 0.05) is 11.8 Å². The number of methoxy groups -OCH3 is 1. The highest BCUT2D eigenvalue weighted by atomic mass is 32.2. The van der Waals surface area contributed by atoms with Crippen LogP contribution in [0.2, 0.25) is 0 Å². The van der Waals surface area contributed by atoms with Crippen molar-refractivity contribution in [1.82, 2.24) is 4.98 Å². The number of nitrogens with zero attached hydrogens (tertiary/aromatic N) is 1. The van der Waals surface area contributed by atoms with Crippen molar-refractivity contribution < 1.29 is 14.6 Å². The van der Waals surface area contributed by atoms with Gasteiger partial charge in [0.25, 0.3) is 0 Å². The standard InChI is InChI=1S/C9H12N2O3S/c1-14-7-3-2-6(10)9(11-7)15-5-4-8(12)13/h2-3H,4-5,10H2,1H3,(H,12,13). The zero-order valence-electron chi connectivity index (χ0n) is 8.27. The highest BCUT2D eigenvalue weighted by Gasteiger charge is 2.05. The third-order valence-corrected chi connectivity index (χ3v) is 2.64. The first-order valence-corrected chi connectivity index (χ1v) is 5.27. The van der Waals surface area contributed by atoms with Gasteiger partial charge in [0.15, 0.2) is 0 Å². The average molecular weight is 228 g/mol. The fourth-order valence-corrected chi connectivity index (χ4v) is 1.76. The number of aliphatic carboxylic acids is 1. The zero-order chi connectivity index (χ0) is 11.3. The van der Waals surface area contributed by atoms with Crippen molar-refractivity contribution in [2.75, 3.05) is 18.6 Å². The van der Waals surface area contributed by atoms with E-state index in [1.165, 1.54) is 18.9 Å². The van der Waals surface area contributed by atoms with Crippen molar-refractivity contribution in [2.45, 2.75) is 11.4 Å². The van der Waals surface area contributed by atoms with Crippen LogP contribution in [0.15, 0.2) is 17.2 Å². The van der Waals surface area contributed by atoms with Crippen LogP contribution in [0.4, 0.5) is 5.69 Å². The molecule has 15 heavy (non-hydrogen) atoms. The SMILES string of the molecule is COc1ccc(N)c(SCCC(=O)O)n1. The van der Waals surface area contributed by atoms with Crippen LogP contribution in [0, 0.1) is 0 Å². The molecular weight excluding hydrogens is 216 g/mol. The first-order valence-electron chi connectivity index (χ1n) is 4.28. The number of carboxylic acid groups (broad SMARTS) is 1. The van der Waals surface area contributed by atoms with E-state index in [1.54, 1.807) is 12.1 Å². The smallest absolute Gasteiger partial charge is 0.304 e. The molecule has 0 bridgehead atoms. The van der Waals surface area contributed by atoms with E-state index in [1.807, 2.05) is 0 Å². The van der Waals surface area contributed by atoms with Crippen LogP contribution in [0.3, 0.4) is 0 Å². The van der Waals surface area contributed by atoms with Crippen LogP contribution >= 0.6 is 11.8 Å². The summed E-state index contributed by atoms with van der Waals surface area (Å²) in [6, 6.07) is 3.35. The van der Waals surface area contributed by atoms with Crippen LogP contribution < -0.4 is 10.5 Å². The maximum atomic E-state index is 10.3. The van der Waals surface area contributed by atoms with Gasteiger partial charge in [-0.2, -0.15) is 0 Å². The maximum Gasteiger partial charge on any atom is 0.304 e. The molecule has 0 unspecified atom stereocenters. The third kappa shape index (κ3) is 3.67. The summed E-state index contributed by atoms with van der Waals surface area (Å²) in [5, 5.41) is 9.08. The van der Waals surface area contributed by atoms with E-state index in [0.717, 1.165) is 0 Å². The number of hydrogen-bond donors (Lipinski definition) is 2. The number of thioether (sulfide) groups is 1. The van der Waals surface area contributed by atoms with Gasteiger partial charge in [0.2, 0.25) is 5.88 Å². The van der Waals surface area contributed by atoms with Crippen LogP contribution in [-0.4, -0.2) is 28.9 Å². The van der Waals surface area contributed by atoms with Crippen LogP contribution in [0.25, 0.3) is 0 Å². The van der Waals surface area contributed by atoms with Crippen LogP contribution in [0.5, 0.6) is 5.88 Å². The van der Waals surface area contributed by atoms with Gasteiger partial charge in [0.05, 0.1) is 19.2 Å². The molecule has 1 rings (SSSR count). The van der Waals surface area contributed by atoms with Crippen molar-refractivity contribution >= 4 is 23.4 Å². The first-order chi connectivity index (χ1) is 7.13. The fraction of sp³-hybridized carbons (Fsp3) is 0.333. The highest BCUT2D eigenvalue weighted by molar-refractivity contribution is 7.99. The first kappa shape index (κ1) is 11.6. The number of carbonyl (C=O) groups is 1. The molecule has 3 N–H and O–H groups in total. The Labute approximate surface area is 91.6 Å². The molecule has 5 nitrogen and oxygen atoms in total. The monoisotopic (exact) mass is 228 g/mol. The number of nitrogen functional groups attached to an aromatic ring is 1. The van der Waals surface area contributed by atoms with Crippen LogP contribution in [-0.2, 0) is 4.79 Å². The van der Waals surface area contributed by atoms with Gasteiger partial charge in [-0.3, -0.25) is 4.79 Å². The Bertz CT molecular complexity index is 357. The van der Waals surface area contributed by atoms with Crippen molar-refractivity contribution in [2.24, 2.45) is 0 Å². The van der Waals surface area contributed by atoms with E-state index in [2.05, 4.69) is 4.98 Å². The minimum Gasteiger partial charge on any atom is -0.481 e. The summed E-state index contributed by atoms with van der Waals surface area (Å²) in [6.07, 6.45) is 0.0863. The maximum absolute atomic E-state index is 10.3. The van der Waals surface area contributed by atoms with Gasteiger partial charge < -0.3 is 15.6 Å². The molecule has 0 amide bonds. The topological polar surface area (TPSA) is 85.4 Å². The van der Waals surface area contributed by atoms with Gasteiger partial charge in [0.1, 0.15) is 5.03 Å². The third-order valence-electron chi connectivity index (χ3n) is 1.63. The number of rotatable bonds is 5. The van der Waals surface area contributed by atoms with Crippen molar-refractivity contribution in [1.29, 1.82) is 0 Å². The predicted octanol–water partition coefficient (Wildman–Crippen LogP) is 1.24. The average Bonchev–Trinajstić information content (AvgIpc) is 2.20. The normalized spacial score (nSPS) is 9.93. The summed E-state index contributed by atoms with van der Waals surface area (Å²) in [4.78, 5) is 14.4. The molecule has 0 atom stereocenters. The lowest BCUT2D eigenvalue weighted by atomic mass is 10.4.